The van der Waals surface area contributed by atoms with Gasteiger partial charge in [-0.25, -0.2) is 17.5 Å². The molecule has 0 radical (unpaired) electrons. The molecule has 0 aliphatic carbocycles. The Morgan fingerprint density at radius 2 is 2.05 bits per heavy atom. The molecular formula is C12H17ClFNO3S. The van der Waals surface area contributed by atoms with Crippen LogP contribution in [0.3, 0.4) is 0 Å². The summed E-state index contributed by atoms with van der Waals surface area (Å²) < 4.78 is 39.9. The Morgan fingerprint density at radius 3 is 2.53 bits per heavy atom. The molecule has 0 saturated carbocycles. The molecule has 0 amide bonds. The average Bonchev–Trinajstić information content (AvgIpc) is 2.26. The van der Waals surface area contributed by atoms with Crippen molar-refractivity contribution in [3.05, 3.63) is 29.0 Å². The fourth-order valence-corrected chi connectivity index (χ4v) is 3.16. The van der Waals surface area contributed by atoms with Crippen LogP contribution in [0.5, 0.6) is 0 Å². The van der Waals surface area contributed by atoms with Crippen molar-refractivity contribution in [2.75, 3.05) is 6.61 Å². The molecule has 4 nitrogen and oxygen atoms in total. The molecular weight excluding hydrogens is 293 g/mol. The number of aliphatic hydroxyl groups excluding tert-OH is 1. The van der Waals surface area contributed by atoms with Crippen molar-refractivity contribution >= 4 is 21.6 Å². The van der Waals surface area contributed by atoms with Gasteiger partial charge in [0, 0.05) is 11.1 Å². The Hall–Kier alpha value is -0.690. The van der Waals surface area contributed by atoms with E-state index in [-0.39, 0.29) is 17.5 Å². The third-order valence-electron chi connectivity index (χ3n) is 2.48. The summed E-state index contributed by atoms with van der Waals surface area (Å²) in [5.41, 5.74) is 0. The SMILES string of the molecule is CC(C)CC(CO)NS(=O)(=O)c1ccc(Cl)cc1F. The molecule has 0 bridgehead atoms. The zero-order valence-corrected chi connectivity index (χ0v) is 12.3. The summed E-state index contributed by atoms with van der Waals surface area (Å²) in [5, 5.41) is 9.28. The van der Waals surface area contributed by atoms with Crippen molar-refractivity contribution in [2.24, 2.45) is 5.92 Å². The van der Waals surface area contributed by atoms with Crippen LogP contribution in [0.1, 0.15) is 20.3 Å². The summed E-state index contributed by atoms with van der Waals surface area (Å²) in [5.74, 6) is -0.712. The number of hydrogen-bond donors (Lipinski definition) is 2. The van der Waals surface area contributed by atoms with Crippen LogP contribution in [-0.2, 0) is 10.0 Å². The number of hydrogen-bond acceptors (Lipinski definition) is 3. The second-order valence-electron chi connectivity index (χ2n) is 4.71. The molecule has 0 aromatic heterocycles. The van der Waals surface area contributed by atoms with Crippen LogP contribution in [0, 0.1) is 11.7 Å². The number of rotatable bonds is 6. The molecule has 7 heteroatoms. The summed E-state index contributed by atoms with van der Waals surface area (Å²) in [7, 11) is -4.01. The van der Waals surface area contributed by atoms with Crippen molar-refractivity contribution in [1.29, 1.82) is 0 Å². The highest BCUT2D eigenvalue weighted by atomic mass is 35.5. The molecule has 1 atom stereocenters. The van der Waals surface area contributed by atoms with Gasteiger partial charge in [-0.05, 0) is 30.5 Å². The zero-order chi connectivity index (χ0) is 14.6. The largest absolute Gasteiger partial charge is 0.395 e. The minimum Gasteiger partial charge on any atom is -0.395 e. The Morgan fingerprint density at radius 1 is 1.42 bits per heavy atom. The first-order chi connectivity index (χ1) is 8.76. The van der Waals surface area contributed by atoms with Crippen molar-refractivity contribution < 1.29 is 17.9 Å². The number of sulfonamides is 1. The minimum absolute atomic E-state index is 0.123. The minimum atomic E-state index is -4.01. The van der Waals surface area contributed by atoms with Gasteiger partial charge < -0.3 is 5.11 Å². The number of aliphatic hydroxyl groups is 1. The lowest BCUT2D eigenvalue weighted by Crippen LogP contribution is -2.38. The maximum atomic E-state index is 13.6. The molecule has 2 N–H and O–H groups in total. The Bertz CT molecular complexity index is 534. The van der Waals surface area contributed by atoms with Gasteiger partial charge in [0.05, 0.1) is 6.61 Å². The Labute approximate surface area is 117 Å². The van der Waals surface area contributed by atoms with E-state index in [9.17, 15) is 12.8 Å². The van der Waals surface area contributed by atoms with Gasteiger partial charge in [0.1, 0.15) is 10.7 Å². The zero-order valence-electron chi connectivity index (χ0n) is 10.7. The van der Waals surface area contributed by atoms with E-state index in [2.05, 4.69) is 4.72 Å². The van der Waals surface area contributed by atoms with Crippen LogP contribution in [0.2, 0.25) is 5.02 Å². The van der Waals surface area contributed by atoms with Crippen LogP contribution in [0.4, 0.5) is 4.39 Å². The van der Waals surface area contributed by atoms with Crippen LogP contribution < -0.4 is 4.72 Å². The van der Waals surface area contributed by atoms with E-state index in [1.54, 1.807) is 0 Å². The van der Waals surface area contributed by atoms with Gasteiger partial charge in [-0.1, -0.05) is 25.4 Å². The highest BCUT2D eigenvalue weighted by Gasteiger charge is 2.23. The van der Waals surface area contributed by atoms with E-state index in [0.29, 0.717) is 6.42 Å². The summed E-state index contributed by atoms with van der Waals surface area (Å²) in [6.45, 7) is 3.46. The second kappa shape index (κ2) is 6.65. The smallest absolute Gasteiger partial charge is 0.243 e. The van der Waals surface area contributed by atoms with Crippen molar-refractivity contribution in [2.45, 2.75) is 31.2 Å². The van der Waals surface area contributed by atoms with E-state index in [1.165, 1.54) is 6.07 Å². The molecule has 0 aliphatic rings. The topological polar surface area (TPSA) is 66.4 Å². The molecule has 19 heavy (non-hydrogen) atoms. The highest BCUT2D eigenvalue weighted by molar-refractivity contribution is 7.89. The first-order valence-corrected chi connectivity index (χ1v) is 7.70. The Balaban J connectivity index is 2.97. The fourth-order valence-electron chi connectivity index (χ4n) is 1.70. The van der Waals surface area contributed by atoms with Crippen LogP contribution in [0.25, 0.3) is 0 Å². The molecule has 0 saturated heterocycles. The molecule has 108 valence electrons. The maximum absolute atomic E-state index is 13.6. The fraction of sp³-hybridized carbons (Fsp3) is 0.500. The number of benzene rings is 1. The molecule has 0 heterocycles. The third-order valence-corrected chi connectivity index (χ3v) is 4.27. The van der Waals surface area contributed by atoms with E-state index in [4.69, 9.17) is 16.7 Å². The molecule has 0 aliphatic heterocycles. The summed E-state index contributed by atoms with van der Waals surface area (Å²) in [6, 6.07) is 2.70. The molecule has 1 aromatic carbocycles. The number of nitrogens with one attached hydrogen (secondary N) is 1. The molecule has 1 rings (SSSR count). The predicted octanol–water partition coefficient (Wildman–Crippen LogP) is 2.16. The van der Waals surface area contributed by atoms with Crippen LogP contribution in [0.15, 0.2) is 23.1 Å². The third kappa shape index (κ3) is 4.72. The molecule has 1 aromatic rings. The van der Waals surface area contributed by atoms with Crippen molar-refractivity contribution in [3.8, 4) is 0 Å². The van der Waals surface area contributed by atoms with E-state index in [0.717, 1.165) is 12.1 Å². The normalized spacial score (nSPS) is 13.8. The lowest BCUT2D eigenvalue weighted by molar-refractivity contribution is 0.240. The van der Waals surface area contributed by atoms with Gasteiger partial charge >= 0.3 is 0 Å². The van der Waals surface area contributed by atoms with Crippen LogP contribution in [-0.4, -0.2) is 26.2 Å². The monoisotopic (exact) mass is 309 g/mol. The average molecular weight is 310 g/mol. The van der Waals surface area contributed by atoms with Crippen molar-refractivity contribution in [1.82, 2.24) is 4.72 Å². The second-order valence-corrected chi connectivity index (χ2v) is 6.82. The highest BCUT2D eigenvalue weighted by Crippen LogP contribution is 2.19. The summed E-state index contributed by atoms with van der Waals surface area (Å²) in [6.07, 6.45) is 0.463. The van der Waals surface area contributed by atoms with E-state index < -0.39 is 26.8 Å². The lowest BCUT2D eigenvalue weighted by Gasteiger charge is -2.18. The van der Waals surface area contributed by atoms with E-state index in [1.807, 2.05) is 13.8 Å². The first-order valence-electron chi connectivity index (χ1n) is 5.84. The van der Waals surface area contributed by atoms with E-state index >= 15 is 0 Å². The van der Waals surface area contributed by atoms with Gasteiger partial charge in [0.15, 0.2) is 0 Å². The molecule has 1 unspecified atom stereocenters. The Kier molecular flexibility index (Phi) is 5.73. The lowest BCUT2D eigenvalue weighted by atomic mass is 10.1. The van der Waals surface area contributed by atoms with Gasteiger partial charge in [-0.2, -0.15) is 0 Å². The predicted molar refractivity (Wildman–Crippen MR) is 72.1 cm³/mol. The summed E-state index contributed by atoms with van der Waals surface area (Å²) in [4.78, 5) is -0.473. The van der Waals surface area contributed by atoms with Gasteiger partial charge in [-0.3, -0.25) is 0 Å². The van der Waals surface area contributed by atoms with Gasteiger partial charge in [-0.15, -0.1) is 0 Å². The van der Waals surface area contributed by atoms with Crippen LogP contribution >= 0.6 is 11.6 Å². The van der Waals surface area contributed by atoms with Gasteiger partial charge in [0.2, 0.25) is 10.0 Å². The summed E-state index contributed by atoms with van der Waals surface area (Å²) >= 11 is 5.57. The maximum Gasteiger partial charge on any atom is 0.243 e. The quantitative estimate of drug-likeness (QED) is 0.846. The van der Waals surface area contributed by atoms with Crippen molar-refractivity contribution in [3.63, 3.8) is 0 Å². The molecule has 0 spiro atoms. The number of halogens is 2. The van der Waals surface area contributed by atoms with Gasteiger partial charge in [0.25, 0.3) is 0 Å². The first kappa shape index (κ1) is 16.4. The standard InChI is InChI=1S/C12H17ClFNO3S/c1-8(2)5-10(7-16)15-19(17,18)12-4-3-9(13)6-11(12)14/h3-4,6,8,10,15-16H,5,7H2,1-2H3. The molecule has 0 fully saturated rings.